The monoisotopic (exact) mass is 393 g/mol. The molecule has 142 valence electrons. The molecule has 0 spiro atoms. The van der Waals surface area contributed by atoms with Gasteiger partial charge < -0.3 is 9.51 Å². The zero-order valence-corrected chi connectivity index (χ0v) is 16.0. The molecule has 0 aliphatic carbocycles. The van der Waals surface area contributed by atoms with Crippen molar-refractivity contribution in [3.63, 3.8) is 0 Å². The molecule has 6 heteroatoms. The number of phosphoric ester groups is 1. The van der Waals surface area contributed by atoms with Crippen molar-refractivity contribution in [2.75, 3.05) is 0 Å². The number of H-pyrrole nitrogens is 1. The van der Waals surface area contributed by atoms with E-state index in [-0.39, 0.29) is 13.2 Å². The lowest BCUT2D eigenvalue weighted by Gasteiger charge is -2.18. The number of hydrogen-bond acceptors (Lipinski definition) is 4. The topological polar surface area (TPSA) is 60.6 Å². The van der Waals surface area contributed by atoms with Crippen molar-refractivity contribution >= 4 is 18.7 Å². The normalized spacial score (nSPS) is 11.6. The summed E-state index contributed by atoms with van der Waals surface area (Å²) < 4.78 is 30.3. The summed E-state index contributed by atoms with van der Waals surface area (Å²) in [6.07, 6.45) is 0. The molecule has 0 unspecified atom stereocenters. The number of aromatic nitrogens is 1. The Morgan fingerprint density at radius 2 is 1.25 bits per heavy atom. The number of fused-ring (bicyclic) bond motifs is 1. The predicted molar refractivity (Wildman–Crippen MR) is 109 cm³/mol. The summed E-state index contributed by atoms with van der Waals surface area (Å²) in [7, 11) is -3.86. The number of hydrogen-bond donors (Lipinski definition) is 1. The van der Waals surface area contributed by atoms with Gasteiger partial charge in [-0.2, -0.15) is 0 Å². The molecule has 5 nitrogen and oxygen atoms in total. The molecule has 28 heavy (non-hydrogen) atoms. The van der Waals surface area contributed by atoms with Crippen molar-refractivity contribution in [2.24, 2.45) is 0 Å². The molecule has 4 aromatic rings. The lowest BCUT2D eigenvalue weighted by atomic mass is 10.2. The van der Waals surface area contributed by atoms with Gasteiger partial charge >= 0.3 is 7.82 Å². The van der Waals surface area contributed by atoms with Crippen LogP contribution >= 0.6 is 7.82 Å². The maximum absolute atomic E-state index is 13.3. The van der Waals surface area contributed by atoms with Gasteiger partial charge in [0.15, 0.2) is 0 Å². The SMILES string of the molecule is O=P(OCc1ccccc1)(OCc1ccccc1)Oc1cc2ccccc2[nH]1. The molecule has 0 atom stereocenters. The van der Waals surface area contributed by atoms with Crippen molar-refractivity contribution < 1.29 is 18.1 Å². The Labute approximate surface area is 163 Å². The molecule has 1 N–H and O–H groups in total. The minimum absolute atomic E-state index is 0.118. The Balaban J connectivity index is 1.53. The lowest BCUT2D eigenvalue weighted by molar-refractivity contribution is 0.142. The van der Waals surface area contributed by atoms with Crippen LogP contribution < -0.4 is 4.52 Å². The van der Waals surface area contributed by atoms with Crippen LogP contribution in [0.15, 0.2) is 91.0 Å². The fourth-order valence-electron chi connectivity index (χ4n) is 2.76. The fourth-order valence-corrected chi connectivity index (χ4v) is 3.90. The molecule has 0 aliphatic rings. The number of rotatable bonds is 8. The van der Waals surface area contributed by atoms with Gasteiger partial charge in [0.25, 0.3) is 0 Å². The second-order valence-electron chi connectivity index (χ2n) is 6.28. The van der Waals surface area contributed by atoms with E-state index in [1.165, 1.54) is 0 Å². The molecule has 0 fully saturated rings. The molecule has 0 radical (unpaired) electrons. The summed E-state index contributed by atoms with van der Waals surface area (Å²) in [4.78, 5) is 3.09. The van der Waals surface area contributed by atoms with Crippen LogP contribution in [0.3, 0.4) is 0 Å². The third-order valence-corrected chi connectivity index (χ3v) is 5.49. The standard InChI is InChI=1S/C22H20NO4P/c24-28(25-16-18-9-3-1-4-10-18,26-17-19-11-5-2-6-12-19)27-22-15-20-13-7-8-14-21(20)23-22/h1-15,23H,16-17H2. The summed E-state index contributed by atoms with van der Waals surface area (Å²) in [5.41, 5.74) is 2.65. The second kappa shape index (κ2) is 8.44. The van der Waals surface area contributed by atoms with E-state index in [0.717, 1.165) is 22.0 Å². The van der Waals surface area contributed by atoms with E-state index < -0.39 is 7.82 Å². The van der Waals surface area contributed by atoms with Crippen LogP contribution in [0, 0.1) is 0 Å². The van der Waals surface area contributed by atoms with Gasteiger partial charge in [0.1, 0.15) is 0 Å². The molecule has 0 saturated carbocycles. The van der Waals surface area contributed by atoms with Crippen LogP contribution in [0.5, 0.6) is 5.88 Å². The van der Waals surface area contributed by atoms with Crippen molar-refractivity contribution in [3.05, 3.63) is 102 Å². The second-order valence-corrected chi connectivity index (χ2v) is 7.87. The van der Waals surface area contributed by atoms with E-state index in [4.69, 9.17) is 13.6 Å². The van der Waals surface area contributed by atoms with E-state index in [0.29, 0.717) is 5.88 Å². The first-order valence-corrected chi connectivity index (χ1v) is 10.4. The molecule has 4 rings (SSSR count). The van der Waals surface area contributed by atoms with Crippen molar-refractivity contribution in [1.82, 2.24) is 4.98 Å². The van der Waals surface area contributed by atoms with E-state index in [2.05, 4.69) is 4.98 Å². The first-order chi connectivity index (χ1) is 13.7. The summed E-state index contributed by atoms with van der Waals surface area (Å²) in [6, 6.07) is 28.5. The predicted octanol–water partition coefficient (Wildman–Crippen LogP) is 6.09. The minimum atomic E-state index is -3.86. The Kier molecular flexibility index (Phi) is 5.58. The van der Waals surface area contributed by atoms with Crippen LogP contribution in [0.2, 0.25) is 0 Å². The summed E-state index contributed by atoms with van der Waals surface area (Å²) >= 11 is 0. The van der Waals surface area contributed by atoms with Crippen molar-refractivity contribution in [1.29, 1.82) is 0 Å². The van der Waals surface area contributed by atoms with Crippen LogP contribution in [-0.2, 0) is 26.8 Å². The summed E-state index contributed by atoms with van der Waals surface area (Å²) in [5.74, 6) is 0.339. The number of benzene rings is 3. The maximum Gasteiger partial charge on any atom is 0.531 e. The van der Waals surface area contributed by atoms with Gasteiger partial charge in [0.05, 0.1) is 13.2 Å². The van der Waals surface area contributed by atoms with Gasteiger partial charge in [-0.25, -0.2) is 4.57 Å². The lowest BCUT2D eigenvalue weighted by Crippen LogP contribution is -2.03. The molecule has 1 heterocycles. The van der Waals surface area contributed by atoms with Crippen LogP contribution in [0.25, 0.3) is 10.9 Å². The third-order valence-electron chi connectivity index (χ3n) is 4.18. The number of para-hydroxylation sites is 1. The molecular formula is C22H20NO4P. The largest absolute Gasteiger partial charge is 0.531 e. The van der Waals surface area contributed by atoms with E-state index in [1.54, 1.807) is 6.07 Å². The molecule has 3 aromatic carbocycles. The molecule has 1 aromatic heterocycles. The van der Waals surface area contributed by atoms with Crippen molar-refractivity contribution in [3.8, 4) is 5.88 Å². The Morgan fingerprint density at radius 1 is 0.714 bits per heavy atom. The molecule has 0 amide bonds. The van der Waals surface area contributed by atoms with Crippen molar-refractivity contribution in [2.45, 2.75) is 13.2 Å². The van der Waals surface area contributed by atoms with Gasteiger partial charge in [-0.1, -0.05) is 78.9 Å². The first-order valence-electron chi connectivity index (χ1n) is 8.94. The highest BCUT2D eigenvalue weighted by atomic mass is 31.2. The number of nitrogens with one attached hydrogen (secondary N) is 1. The number of aromatic amines is 1. The molecule has 0 aliphatic heterocycles. The highest BCUT2D eigenvalue weighted by molar-refractivity contribution is 7.48. The van der Waals surface area contributed by atoms with Crippen LogP contribution in [0.1, 0.15) is 11.1 Å². The average Bonchev–Trinajstić information content (AvgIpc) is 3.14. The van der Waals surface area contributed by atoms with Gasteiger partial charge in [0, 0.05) is 17.0 Å². The maximum atomic E-state index is 13.3. The fraction of sp³-hybridized carbons (Fsp3) is 0.0909. The Hall–Kier alpha value is -2.85. The quantitative estimate of drug-likeness (QED) is 0.368. The zero-order valence-electron chi connectivity index (χ0n) is 15.2. The van der Waals surface area contributed by atoms with E-state index >= 15 is 0 Å². The minimum Gasteiger partial charge on any atom is -0.388 e. The summed E-state index contributed by atoms with van der Waals surface area (Å²) in [5, 5.41) is 0.954. The highest BCUT2D eigenvalue weighted by Gasteiger charge is 2.30. The van der Waals surface area contributed by atoms with Crippen LogP contribution in [0.4, 0.5) is 0 Å². The molecule has 0 saturated heterocycles. The summed E-state index contributed by atoms with van der Waals surface area (Å²) in [6.45, 7) is 0.236. The third kappa shape index (κ3) is 4.70. The Bertz CT molecular complexity index is 999. The first kappa shape index (κ1) is 18.5. The average molecular weight is 393 g/mol. The van der Waals surface area contributed by atoms with Gasteiger partial charge in [0.2, 0.25) is 5.88 Å². The zero-order chi connectivity index (χ0) is 19.2. The van der Waals surface area contributed by atoms with E-state index in [1.807, 2.05) is 84.9 Å². The number of phosphoric acid groups is 1. The van der Waals surface area contributed by atoms with Gasteiger partial charge in [-0.15, -0.1) is 0 Å². The molecule has 0 bridgehead atoms. The Morgan fingerprint density at radius 3 is 1.82 bits per heavy atom. The van der Waals surface area contributed by atoms with Gasteiger partial charge in [-0.05, 0) is 17.2 Å². The smallest absolute Gasteiger partial charge is 0.388 e. The van der Waals surface area contributed by atoms with E-state index in [9.17, 15) is 4.57 Å². The highest BCUT2D eigenvalue weighted by Crippen LogP contribution is 2.51. The van der Waals surface area contributed by atoms with Gasteiger partial charge in [-0.3, -0.25) is 9.05 Å². The van der Waals surface area contributed by atoms with Crippen LogP contribution in [-0.4, -0.2) is 4.98 Å². The molecular weight excluding hydrogens is 373 g/mol.